The van der Waals surface area contributed by atoms with Crippen LogP contribution in [-0.4, -0.2) is 26.8 Å². The SMILES string of the molecule is CCCCCCCCCCCCOC(=O)c1c(OC)cccc1OC. The molecule has 25 heavy (non-hydrogen) atoms. The third-order valence-corrected chi connectivity index (χ3v) is 4.36. The number of unbranched alkanes of at least 4 members (excludes halogenated alkanes) is 9. The summed E-state index contributed by atoms with van der Waals surface area (Å²) in [6.45, 7) is 2.69. The van der Waals surface area contributed by atoms with Gasteiger partial charge < -0.3 is 14.2 Å². The van der Waals surface area contributed by atoms with Gasteiger partial charge in [-0.2, -0.15) is 0 Å². The predicted octanol–water partition coefficient (Wildman–Crippen LogP) is 5.78. The second kappa shape index (κ2) is 13.6. The van der Waals surface area contributed by atoms with Gasteiger partial charge in [-0.3, -0.25) is 0 Å². The zero-order chi connectivity index (χ0) is 18.3. The van der Waals surface area contributed by atoms with Gasteiger partial charge in [0.1, 0.15) is 17.1 Å². The Morgan fingerprint density at radius 3 is 1.76 bits per heavy atom. The highest BCUT2D eigenvalue weighted by Gasteiger charge is 2.19. The molecule has 4 heteroatoms. The van der Waals surface area contributed by atoms with Crippen LogP contribution in [0.15, 0.2) is 18.2 Å². The Balaban J connectivity index is 2.17. The fourth-order valence-corrected chi connectivity index (χ4v) is 2.88. The van der Waals surface area contributed by atoms with Crippen molar-refractivity contribution < 1.29 is 19.0 Å². The Morgan fingerprint density at radius 1 is 0.800 bits per heavy atom. The number of benzene rings is 1. The summed E-state index contributed by atoms with van der Waals surface area (Å²) in [5.41, 5.74) is 0.361. The molecule has 0 N–H and O–H groups in total. The van der Waals surface area contributed by atoms with Crippen LogP contribution >= 0.6 is 0 Å². The number of hydrogen-bond acceptors (Lipinski definition) is 4. The second-order valence-corrected chi connectivity index (χ2v) is 6.36. The molecule has 0 aromatic heterocycles. The average Bonchev–Trinajstić information content (AvgIpc) is 2.65. The van der Waals surface area contributed by atoms with Crippen molar-refractivity contribution in [3.8, 4) is 11.5 Å². The molecule has 0 saturated carbocycles. The van der Waals surface area contributed by atoms with Gasteiger partial charge in [-0.05, 0) is 18.6 Å². The minimum absolute atomic E-state index is 0.361. The average molecular weight is 350 g/mol. The maximum Gasteiger partial charge on any atom is 0.345 e. The lowest BCUT2D eigenvalue weighted by Crippen LogP contribution is -2.10. The molecular weight excluding hydrogens is 316 g/mol. The van der Waals surface area contributed by atoms with Crippen molar-refractivity contribution in [2.24, 2.45) is 0 Å². The molecule has 142 valence electrons. The molecule has 1 rings (SSSR count). The molecule has 0 aliphatic carbocycles. The highest BCUT2D eigenvalue weighted by molar-refractivity contribution is 5.95. The van der Waals surface area contributed by atoms with E-state index in [9.17, 15) is 4.79 Å². The van der Waals surface area contributed by atoms with E-state index in [0.717, 1.165) is 12.8 Å². The first kappa shape index (κ1) is 21.3. The summed E-state index contributed by atoms with van der Waals surface area (Å²) in [4.78, 5) is 12.3. The van der Waals surface area contributed by atoms with Crippen LogP contribution in [-0.2, 0) is 4.74 Å². The Kier molecular flexibility index (Phi) is 11.6. The molecule has 0 aliphatic heterocycles. The normalized spacial score (nSPS) is 10.5. The largest absolute Gasteiger partial charge is 0.496 e. The van der Waals surface area contributed by atoms with Gasteiger partial charge >= 0.3 is 5.97 Å². The smallest absolute Gasteiger partial charge is 0.345 e. The summed E-state index contributed by atoms with van der Waals surface area (Å²) >= 11 is 0. The monoisotopic (exact) mass is 350 g/mol. The molecule has 0 spiro atoms. The number of carbonyl (C=O) groups excluding carboxylic acids is 1. The summed E-state index contributed by atoms with van der Waals surface area (Å²) in [5.74, 6) is 0.574. The molecule has 0 radical (unpaired) electrons. The van der Waals surface area contributed by atoms with Gasteiger partial charge in [0, 0.05) is 0 Å². The number of esters is 1. The third-order valence-electron chi connectivity index (χ3n) is 4.36. The first-order valence-electron chi connectivity index (χ1n) is 9.62. The molecule has 1 aromatic carbocycles. The summed E-state index contributed by atoms with van der Waals surface area (Å²) < 4.78 is 15.9. The number of hydrogen-bond donors (Lipinski definition) is 0. The summed E-state index contributed by atoms with van der Waals surface area (Å²) in [7, 11) is 3.07. The van der Waals surface area contributed by atoms with E-state index in [0.29, 0.717) is 23.7 Å². The van der Waals surface area contributed by atoms with Gasteiger partial charge in [0.25, 0.3) is 0 Å². The fourth-order valence-electron chi connectivity index (χ4n) is 2.88. The van der Waals surface area contributed by atoms with Crippen LogP contribution in [0.1, 0.15) is 81.5 Å². The van der Waals surface area contributed by atoms with Crippen molar-refractivity contribution in [2.45, 2.75) is 71.1 Å². The number of carbonyl (C=O) groups is 1. The Labute approximate surface area is 152 Å². The van der Waals surface area contributed by atoms with Crippen molar-refractivity contribution >= 4 is 5.97 Å². The van der Waals surface area contributed by atoms with E-state index < -0.39 is 0 Å². The van der Waals surface area contributed by atoms with E-state index in [1.54, 1.807) is 18.2 Å². The number of rotatable bonds is 14. The fraction of sp³-hybridized carbons (Fsp3) is 0.667. The molecule has 0 unspecified atom stereocenters. The van der Waals surface area contributed by atoms with Crippen molar-refractivity contribution in [1.29, 1.82) is 0 Å². The molecule has 0 saturated heterocycles. The zero-order valence-corrected chi connectivity index (χ0v) is 16.1. The minimum atomic E-state index is -0.384. The molecule has 0 amide bonds. The first-order valence-corrected chi connectivity index (χ1v) is 9.62. The maximum atomic E-state index is 12.3. The number of ether oxygens (including phenoxy) is 3. The van der Waals surface area contributed by atoms with Gasteiger partial charge in [0.2, 0.25) is 0 Å². The van der Waals surface area contributed by atoms with Crippen LogP contribution < -0.4 is 9.47 Å². The van der Waals surface area contributed by atoms with Crippen molar-refractivity contribution in [3.63, 3.8) is 0 Å². The minimum Gasteiger partial charge on any atom is -0.496 e. The van der Waals surface area contributed by atoms with E-state index in [2.05, 4.69) is 6.92 Å². The zero-order valence-electron chi connectivity index (χ0n) is 16.1. The van der Waals surface area contributed by atoms with E-state index in [4.69, 9.17) is 14.2 Å². The predicted molar refractivity (Wildman–Crippen MR) is 102 cm³/mol. The standard InChI is InChI=1S/C21H34O4/c1-4-5-6-7-8-9-10-11-12-13-17-25-21(22)20-18(23-2)15-14-16-19(20)24-3/h14-16H,4-13,17H2,1-3H3. The van der Waals surface area contributed by atoms with Crippen LogP contribution in [0, 0.1) is 0 Å². The third kappa shape index (κ3) is 8.28. The molecule has 4 nitrogen and oxygen atoms in total. The summed E-state index contributed by atoms with van der Waals surface area (Å²) in [6.07, 6.45) is 12.6. The topological polar surface area (TPSA) is 44.8 Å². The molecule has 1 aromatic rings. The highest BCUT2D eigenvalue weighted by atomic mass is 16.5. The van der Waals surface area contributed by atoms with Crippen LogP contribution in [0.25, 0.3) is 0 Å². The molecule has 0 bridgehead atoms. The molecule has 0 atom stereocenters. The van der Waals surface area contributed by atoms with Gasteiger partial charge in [-0.25, -0.2) is 4.79 Å². The Hall–Kier alpha value is -1.71. The van der Waals surface area contributed by atoms with Crippen LogP contribution in [0.5, 0.6) is 11.5 Å². The van der Waals surface area contributed by atoms with Crippen molar-refractivity contribution in [2.75, 3.05) is 20.8 Å². The van der Waals surface area contributed by atoms with Gasteiger partial charge in [0.15, 0.2) is 0 Å². The number of methoxy groups -OCH3 is 2. The van der Waals surface area contributed by atoms with Gasteiger partial charge in [-0.1, -0.05) is 70.8 Å². The van der Waals surface area contributed by atoms with Gasteiger partial charge in [0.05, 0.1) is 20.8 Å². The Morgan fingerprint density at radius 2 is 1.28 bits per heavy atom. The van der Waals surface area contributed by atoms with Crippen LogP contribution in [0.3, 0.4) is 0 Å². The van der Waals surface area contributed by atoms with E-state index in [-0.39, 0.29) is 5.97 Å². The van der Waals surface area contributed by atoms with E-state index >= 15 is 0 Å². The molecule has 0 heterocycles. The molecule has 0 fully saturated rings. The Bertz CT molecular complexity index is 463. The van der Waals surface area contributed by atoms with Crippen molar-refractivity contribution in [3.05, 3.63) is 23.8 Å². The van der Waals surface area contributed by atoms with Gasteiger partial charge in [-0.15, -0.1) is 0 Å². The van der Waals surface area contributed by atoms with E-state index in [1.165, 1.54) is 65.6 Å². The lowest BCUT2D eigenvalue weighted by molar-refractivity contribution is 0.0490. The molecular formula is C21H34O4. The lowest BCUT2D eigenvalue weighted by Gasteiger charge is -2.12. The lowest BCUT2D eigenvalue weighted by atomic mass is 10.1. The summed E-state index contributed by atoms with van der Waals surface area (Å²) in [5, 5.41) is 0. The van der Waals surface area contributed by atoms with Crippen LogP contribution in [0.4, 0.5) is 0 Å². The van der Waals surface area contributed by atoms with E-state index in [1.807, 2.05) is 0 Å². The summed E-state index contributed by atoms with van der Waals surface area (Å²) in [6, 6.07) is 5.26. The van der Waals surface area contributed by atoms with Crippen molar-refractivity contribution in [1.82, 2.24) is 0 Å². The van der Waals surface area contributed by atoms with Crippen LogP contribution in [0.2, 0.25) is 0 Å². The maximum absolute atomic E-state index is 12.3. The quantitative estimate of drug-likeness (QED) is 0.315. The first-order chi connectivity index (χ1) is 12.2. The highest BCUT2D eigenvalue weighted by Crippen LogP contribution is 2.28. The second-order valence-electron chi connectivity index (χ2n) is 6.36. The molecule has 0 aliphatic rings.